The number of rotatable bonds is 22. The number of aromatic amines is 4. The van der Waals surface area contributed by atoms with Crippen LogP contribution in [-0.4, -0.2) is 140 Å². The first-order valence-corrected chi connectivity index (χ1v) is 47.3. The van der Waals surface area contributed by atoms with Gasteiger partial charge in [-0.1, -0.05) is 158 Å². The van der Waals surface area contributed by atoms with E-state index in [-0.39, 0.29) is 29.8 Å². The molecule has 4 aromatic heterocycles. The van der Waals surface area contributed by atoms with Crippen LogP contribution in [-0.2, 0) is 43.1 Å². The topological polar surface area (TPSA) is 283 Å². The predicted molar refractivity (Wildman–Crippen MR) is 540 cm³/mol. The number of benzene rings is 12. The Kier molecular flexibility index (Phi) is 28.4. The molecule has 688 valence electrons. The van der Waals surface area contributed by atoms with Crippen molar-refractivity contribution in [3.63, 3.8) is 0 Å². The Morgan fingerprint density at radius 2 is 0.620 bits per heavy atom. The van der Waals surface area contributed by atoms with Crippen LogP contribution in [0.15, 0.2) is 267 Å². The fourth-order valence-electron chi connectivity index (χ4n) is 18.7. The zero-order valence-corrected chi connectivity index (χ0v) is 78.2. The van der Waals surface area contributed by atoms with Crippen molar-refractivity contribution < 1.29 is 43.0 Å². The molecule has 0 unspecified atom stereocenters. The van der Waals surface area contributed by atoms with Crippen LogP contribution in [0.2, 0.25) is 0 Å². The van der Waals surface area contributed by atoms with E-state index in [0.717, 1.165) is 216 Å². The zero-order chi connectivity index (χ0) is 94.5. The van der Waals surface area contributed by atoms with E-state index < -0.39 is 5.60 Å². The normalized spacial score (nSPS) is 15.2. The number of H-pyrrole nitrogens is 4. The fraction of sp³-hybridized carbons (Fsp3) is 0.274. The van der Waals surface area contributed by atoms with Gasteiger partial charge in [0.25, 0.3) is 0 Å². The standard InChI is InChI=1S/C30H25N3O2.2C29H29N3O2.C29H28N2O3/c31-18-22-16-21(6-9-29(22)35-24-10-14-34-15-11-24)25-2-1-3-27-26(25)17-28(33-27)20-4-7-23(8-5-20)30(19-32)12-13-30;1-32(2)19-20-5-3-6-22(15-20)28-17-26-25(7-4-8-27(26)31-28)21-9-10-29(23(16-21)18-30)34-24-11-13-33-14-12-24;1-32(2)19-20-6-8-21(9-7-20)28-17-26-25(4-3-5-27(26)31-28)22-10-11-29(23(16-22)18-30)34-24-12-14-33-15-13-24;1-29(2,32)22-6-3-5-20(16-22)27-17-25-24(7-4-8-26(25)31-27)19-9-10-28(21(15-19)18-30)34-23-11-13-33-14-12-23/h1-9,16-17,24,33H,10-15H2;3-10,15-17,24,31H,11-14,19H2,1-2H3;3-11,16-17,24,31H,12-15,19H2,1-2H3;3-10,15-17,23,31-32H,11-14H2,1-2H3. The van der Waals surface area contributed by atoms with Gasteiger partial charge in [-0.2, -0.15) is 26.3 Å². The summed E-state index contributed by atoms with van der Waals surface area (Å²) in [5, 5.41) is 63.6. The van der Waals surface area contributed by atoms with Gasteiger partial charge >= 0.3 is 0 Å². The second-order valence-corrected chi connectivity index (χ2v) is 37.1. The van der Waals surface area contributed by atoms with Gasteiger partial charge in [0, 0.05) is 131 Å². The molecular formula is C117H111N11O9. The van der Waals surface area contributed by atoms with Crippen LogP contribution in [0.1, 0.15) is 123 Å². The number of fused-ring (bicyclic) bond motifs is 4. The summed E-state index contributed by atoms with van der Waals surface area (Å²) in [7, 11) is 8.32. The Hall–Kier alpha value is -14.8. The summed E-state index contributed by atoms with van der Waals surface area (Å²) in [6.07, 6.45) is 9.06. The average Bonchev–Trinajstić information content (AvgIpc) is 1.66. The van der Waals surface area contributed by atoms with Gasteiger partial charge < -0.3 is 72.7 Å². The highest BCUT2D eigenvalue weighted by Crippen LogP contribution is 2.49. The lowest BCUT2D eigenvalue weighted by molar-refractivity contribution is 0.0252. The lowest BCUT2D eigenvalue weighted by atomic mass is 9.95. The third-order valence-electron chi connectivity index (χ3n) is 26.2. The summed E-state index contributed by atoms with van der Waals surface area (Å²) in [6.45, 7) is 11.0. The molecule has 20 nitrogen and oxygen atoms in total. The van der Waals surface area contributed by atoms with Gasteiger partial charge in [-0.3, -0.25) is 0 Å². The molecule has 0 radical (unpaired) electrons. The number of ether oxygens (including phenoxy) is 8. The van der Waals surface area contributed by atoms with E-state index in [0.29, 0.717) is 98.1 Å². The Labute approximate surface area is 799 Å². The van der Waals surface area contributed by atoms with E-state index in [4.69, 9.17) is 37.9 Å². The Bertz CT molecular complexity index is 7230. The minimum absolute atomic E-state index is 0.0852. The Morgan fingerprint density at radius 1 is 0.328 bits per heavy atom. The molecule has 12 aromatic carbocycles. The van der Waals surface area contributed by atoms with Crippen molar-refractivity contribution in [2.45, 2.75) is 127 Å². The third kappa shape index (κ3) is 21.8. The van der Waals surface area contributed by atoms with Gasteiger partial charge in [0.05, 0.1) is 92.2 Å². The molecule has 4 aliphatic heterocycles. The van der Waals surface area contributed by atoms with Gasteiger partial charge in [0.1, 0.15) is 71.7 Å². The molecule has 8 heterocycles. The number of nitrogens with zero attached hydrogens (tertiary/aromatic N) is 7. The molecule has 0 spiro atoms. The van der Waals surface area contributed by atoms with Crippen molar-refractivity contribution in [1.82, 2.24) is 29.7 Å². The van der Waals surface area contributed by atoms with Gasteiger partial charge in [-0.25, -0.2) is 0 Å². The van der Waals surface area contributed by atoms with Crippen molar-refractivity contribution in [2.75, 3.05) is 81.0 Å². The smallest absolute Gasteiger partial charge is 0.137 e. The first-order valence-electron chi connectivity index (χ1n) is 47.3. The minimum atomic E-state index is -0.907. The Morgan fingerprint density at radius 3 is 0.927 bits per heavy atom. The minimum Gasteiger partial charge on any atom is -0.489 e. The van der Waals surface area contributed by atoms with Crippen molar-refractivity contribution >= 4 is 43.6 Å². The summed E-state index contributed by atoms with van der Waals surface area (Å²) >= 11 is 0. The van der Waals surface area contributed by atoms with Crippen LogP contribution in [0.4, 0.5) is 0 Å². The Balaban J connectivity index is 0.000000121. The summed E-state index contributed by atoms with van der Waals surface area (Å²) in [5.41, 5.74) is 26.6. The van der Waals surface area contributed by atoms with Gasteiger partial charge in [-0.05, 0) is 253 Å². The molecule has 5 N–H and O–H groups in total. The largest absolute Gasteiger partial charge is 0.489 e. The van der Waals surface area contributed by atoms with Crippen LogP contribution in [0, 0.1) is 56.7 Å². The zero-order valence-electron chi connectivity index (χ0n) is 78.2. The molecule has 20 heteroatoms. The number of hydrogen-bond donors (Lipinski definition) is 5. The van der Waals surface area contributed by atoms with Crippen LogP contribution in [0.5, 0.6) is 23.0 Å². The highest BCUT2D eigenvalue weighted by molar-refractivity contribution is 6.02. The molecule has 21 rings (SSSR count). The van der Waals surface area contributed by atoms with E-state index in [2.05, 4.69) is 252 Å². The number of aliphatic hydroxyl groups is 1. The molecule has 5 aliphatic rings. The summed E-state index contributed by atoms with van der Waals surface area (Å²) in [5.74, 6) is 2.56. The van der Waals surface area contributed by atoms with E-state index in [9.17, 15) is 31.4 Å². The molecule has 5 fully saturated rings. The molecule has 1 aliphatic carbocycles. The van der Waals surface area contributed by atoms with Crippen molar-refractivity contribution in [3.05, 3.63) is 311 Å². The van der Waals surface area contributed by atoms with Crippen molar-refractivity contribution in [2.24, 2.45) is 0 Å². The van der Waals surface area contributed by atoms with Crippen molar-refractivity contribution in [3.8, 4) is 143 Å². The molecule has 137 heavy (non-hydrogen) atoms. The van der Waals surface area contributed by atoms with E-state index in [1.807, 2.05) is 103 Å². The van der Waals surface area contributed by atoms with Crippen molar-refractivity contribution in [1.29, 1.82) is 26.3 Å². The second-order valence-electron chi connectivity index (χ2n) is 37.1. The predicted octanol–water partition coefficient (Wildman–Crippen LogP) is 24.6. The fourth-order valence-corrected chi connectivity index (χ4v) is 18.7. The van der Waals surface area contributed by atoms with E-state index >= 15 is 0 Å². The molecule has 0 atom stereocenters. The maximum absolute atomic E-state index is 10.4. The molecular weight excluding hydrogens is 1700 g/mol. The number of aromatic nitrogens is 4. The maximum Gasteiger partial charge on any atom is 0.137 e. The lowest BCUT2D eigenvalue weighted by Gasteiger charge is -2.24. The first kappa shape index (κ1) is 92.6. The van der Waals surface area contributed by atoms with Gasteiger partial charge in [-0.15, -0.1) is 0 Å². The quantitative estimate of drug-likeness (QED) is 0.0422. The third-order valence-corrected chi connectivity index (χ3v) is 26.2. The van der Waals surface area contributed by atoms with Crippen LogP contribution in [0.3, 0.4) is 0 Å². The van der Waals surface area contributed by atoms with Crippen LogP contribution in [0.25, 0.3) is 133 Å². The SMILES string of the molecule is CC(C)(O)c1cccc(-c2cc3c(-c4ccc(OC5CCOCC5)c(C#N)c4)cccc3[nH]2)c1.CN(C)Cc1ccc(-c2cc3c(-c4ccc(OC5CCOCC5)c(C#N)c4)cccc3[nH]2)cc1.CN(C)Cc1cccc(-c2cc3c(-c4ccc(OC5CCOCC5)c(C#N)c4)cccc3[nH]2)c1.N#Cc1cc(-c2cccc3[nH]c(-c4ccc(C5(C#N)CC5)cc4)cc23)ccc1OC1CCOCC1. The highest BCUT2D eigenvalue weighted by Gasteiger charge is 2.45. The van der Waals surface area contributed by atoms with E-state index in [1.165, 1.54) is 16.7 Å². The number of hydrogen-bond acceptors (Lipinski definition) is 16. The van der Waals surface area contributed by atoms with Crippen LogP contribution >= 0.6 is 0 Å². The lowest BCUT2D eigenvalue weighted by Crippen LogP contribution is -2.26. The molecule has 4 saturated heterocycles. The highest BCUT2D eigenvalue weighted by atomic mass is 16.5. The molecule has 0 bridgehead atoms. The number of nitriles is 5. The van der Waals surface area contributed by atoms with Crippen LogP contribution < -0.4 is 18.9 Å². The monoisotopic (exact) mass is 1810 g/mol. The molecule has 0 amide bonds. The van der Waals surface area contributed by atoms with Gasteiger partial charge in [0.15, 0.2) is 0 Å². The van der Waals surface area contributed by atoms with Gasteiger partial charge in [0.2, 0.25) is 0 Å². The summed E-state index contributed by atoms with van der Waals surface area (Å²) in [6, 6.07) is 102. The molecule has 16 aromatic rings. The summed E-state index contributed by atoms with van der Waals surface area (Å²) in [4.78, 5) is 18.5. The second kappa shape index (κ2) is 42.0. The van der Waals surface area contributed by atoms with E-state index in [1.54, 1.807) is 13.8 Å². The summed E-state index contributed by atoms with van der Waals surface area (Å²) < 4.78 is 46.2. The first-order chi connectivity index (χ1) is 66.8. The molecule has 1 saturated carbocycles. The average molecular weight is 1820 g/mol. The maximum atomic E-state index is 10.4. The number of nitrogens with one attached hydrogen (secondary N) is 4.